The predicted molar refractivity (Wildman–Crippen MR) is 68.5 cm³/mol. The van der Waals surface area contributed by atoms with E-state index in [0.29, 0.717) is 10.5 Å². The van der Waals surface area contributed by atoms with Crippen LogP contribution in [0.2, 0.25) is 0 Å². The molecule has 0 aliphatic carbocycles. The monoisotopic (exact) mass is 263 g/mol. The van der Waals surface area contributed by atoms with Gasteiger partial charge in [-0.25, -0.2) is 8.42 Å². The Labute approximate surface area is 103 Å². The lowest BCUT2D eigenvalue weighted by Gasteiger charge is -2.20. The quantitative estimate of drug-likeness (QED) is 0.889. The molecule has 0 amide bonds. The summed E-state index contributed by atoms with van der Waals surface area (Å²) in [5.41, 5.74) is 6.20. The molecule has 5 heteroatoms. The molecule has 92 valence electrons. The molecule has 0 aliphatic rings. The van der Waals surface area contributed by atoms with E-state index in [0.717, 1.165) is 0 Å². The molecule has 0 bridgehead atoms. The van der Waals surface area contributed by atoms with Crippen LogP contribution in [0.15, 0.2) is 29.2 Å². The zero-order chi connectivity index (χ0) is 11.7. The molecule has 0 saturated carbocycles. The summed E-state index contributed by atoms with van der Waals surface area (Å²) < 4.78 is 23.6. The molecule has 0 fully saturated rings. The van der Waals surface area contributed by atoms with Crippen LogP contribution in [0.4, 0.5) is 0 Å². The van der Waals surface area contributed by atoms with Crippen molar-refractivity contribution >= 4 is 22.2 Å². The summed E-state index contributed by atoms with van der Waals surface area (Å²) in [6.07, 6.45) is 0. The van der Waals surface area contributed by atoms with Crippen LogP contribution in [0.5, 0.6) is 0 Å². The maximum Gasteiger partial charge on any atom is 0.183 e. The van der Waals surface area contributed by atoms with Crippen LogP contribution in [-0.2, 0) is 16.4 Å². The van der Waals surface area contributed by atoms with Gasteiger partial charge >= 0.3 is 0 Å². The zero-order valence-electron chi connectivity index (χ0n) is 9.73. The number of rotatable bonds is 2. The third kappa shape index (κ3) is 2.75. The summed E-state index contributed by atoms with van der Waals surface area (Å²) in [6, 6.07) is 6.88. The minimum atomic E-state index is -3.30. The van der Waals surface area contributed by atoms with Crippen molar-refractivity contribution < 1.29 is 8.42 Å². The Hall–Kier alpha value is -0.580. The van der Waals surface area contributed by atoms with Crippen molar-refractivity contribution in [2.24, 2.45) is 5.73 Å². The van der Waals surface area contributed by atoms with E-state index in [1.165, 1.54) is 0 Å². The fourth-order valence-corrected chi connectivity index (χ4v) is 2.68. The molecule has 0 spiro atoms. The van der Waals surface area contributed by atoms with Crippen molar-refractivity contribution in [2.75, 3.05) is 0 Å². The highest BCUT2D eigenvalue weighted by atomic mass is 35.5. The number of halogens is 1. The van der Waals surface area contributed by atoms with Crippen LogP contribution in [0.3, 0.4) is 0 Å². The van der Waals surface area contributed by atoms with Crippen LogP contribution >= 0.6 is 12.4 Å². The van der Waals surface area contributed by atoms with Crippen molar-refractivity contribution in [2.45, 2.75) is 37.0 Å². The number of benzene rings is 1. The fraction of sp³-hybridized carbons (Fsp3) is 0.455. The highest BCUT2D eigenvalue weighted by Gasteiger charge is 2.32. The lowest BCUT2D eigenvalue weighted by atomic mass is 10.2. The van der Waals surface area contributed by atoms with Crippen LogP contribution in [0, 0.1) is 0 Å². The van der Waals surface area contributed by atoms with Gasteiger partial charge in [-0.05, 0) is 32.4 Å². The molecule has 0 saturated heterocycles. The Kier molecular flexibility index (Phi) is 4.98. The van der Waals surface area contributed by atoms with Gasteiger partial charge in [-0.15, -0.1) is 12.4 Å². The second-order valence-corrected chi connectivity index (χ2v) is 7.10. The smallest absolute Gasteiger partial charge is 0.183 e. The average molecular weight is 264 g/mol. The molecule has 0 radical (unpaired) electrons. The highest BCUT2D eigenvalue weighted by molar-refractivity contribution is 7.92. The third-order valence-corrected chi connectivity index (χ3v) is 4.88. The zero-order valence-corrected chi connectivity index (χ0v) is 11.4. The molecule has 2 N–H and O–H groups in total. The topological polar surface area (TPSA) is 60.2 Å². The van der Waals surface area contributed by atoms with Crippen molar-refractivity contribution in [3.63, 3.8) is 0 Å². The third-order valence-electron chi connectivity index (χ3n) is 2.29. The number of hydrogen-bond acceptors (Lipinski definition) is 3. The van der Waals surface area contributed by atoms with E-state index >= 15 is 0 Å². The second-order valence-electron chi connectivity index (χ2n) is 4.43. The normalized spacial score (nSPS) is 12.0. The van der Waals surface area contributed by atoms with Gasteiger partial charge in [0.15, 0.2) is 9.84 Å². The largest absolute Gasteiger partial charge is 0.326 e. The fourth-order valence-electron chi connectivity index (χ4n) is 1.26. The first-order valence-electron chi connectivity index (χ1n) is 4.83. The Morgan fingerprint density at radius 2 is 1.69 bits per heavy atom. The van der Waals surface area contributed by atoms with Crippen molar-refractivity contribution in [1.29, 1.82) is 0 Å². The van der Waals surface area contributed by atoms with Gasteiger partial charge in [0.2, 0.25) is 0 Å². The average Bonchev–Trinajstić information content (AvgIpc) is 2.16. The molecule has 0 heterocycles. The van der Waals surface area contributed by atoms with Crippen LogP contribution in [-0.4, -0.2) is 13.2 Å². The Bertz CT molecular complexity index is 449. The van der Waals surface area contributed by atoms with E-state index in [2.05, 4.69) is 0 Å². The maximum atomic E-state index is 12.2. The van der Waals surface area contributed by atoms with Crippen LogP contribution in [0.25, 0.3) is 0 Å². The second kappa shape index (κ2) is 5.17. The molecule has 0 aromatic heterocycles. The van der Waals surface area contributed by atoms with Gasteiger partial charge in [-0.1, -0.05) is 18.2 Å². The van der Waals surface area contributed by atoms with Gasteiger partial charge in [-0.2, -0.15) is 0 Å². The van der Waals surface area contributed by atoms with Gasteiger partial charge in [0.25, 0.3) is 0 Å². The van der Waals surface area contributed by atoms with E-state index in [9.17, 15) is 8.42 Å². The first-order valence-corrected chi connectivity index (χ1v) is 6.31. The maximum absolute atomic E-state index is 12.2. The van der Waals surface area contributed by atoms with E-state index in [-0.39, 0.29) is 19.0 Å². The highest BCUT2D eigenvalue weighted by Crippen LogP contribution is 2.27. The van der Waals surface area contributed by atoms with Crippen molar-refractivity contribution in [1.82, 2.24) is 0 Å². The van der Waals surface area contributed by atoms with Gasteiger partial charge < -0.3 is 5.73 Å². The molecular formula is C11H18ClNO2S. The first kappa shape index (κ1) is 15.4. The molecule has 1 aromatic carbocycles. The Morgan fingerprint density at radius 3 is 2.12 bits per heavy atom. The predicted octanol–water partition coefficient (Wildman–Crippen LogP) is 2.14. The number of sulfone groups is 1. The van der Waals surface area contributed by atoms with E-state index in [4.69, 9.17) is 5.73 Å². The molecule has 16 heavy (non-hydrogen) atoms. The van der Waals surface area contributed by atoms with Crippen molar-refractivity contribution in [3.05, 3.63) is 29.8 Å². The summed E-state index contributed by atoms with van der Waals surface area (Å²) in [6.45, 7) is 5.31. The van der Waals surface area contributed by atoms with Crippen LogP contribution < -0.4 is 5.73 Å². The van der Waals surface area contributed by atoms with Gasteiger partial charge in [-0.3, -0.25) is 0 Å². The van der Waals surface area contributed by atoms with E-state index in [1.54, 1.807) is 45.0 Å². The number of hydrogen-bond donors (Lipinski definition) is 1. The SMILES string of the molecule is CC(C)(C)S(=O)(=O)c1ccccc1CN.Cl. The number of nitrogens with two attached hydrogens (primary N) is 1. The van der Waals surface area contributed by atoms with Gasteiger partial charge in [0.1, 0.15) is 0 Å². The summed E-state index contributed by atoms with van der Waals surface area (Å²) >= 11 is 0. The Morgan fingerprint density at radius 1 is 1.19 bits per heavy atom. The van der Waals surface area contributed by atoms with Gasteiger partial charge in [0.05, 0.1) is 9.64 Å². The minimum Gasteiger partial charge on any atom is -0.326 e. The summed E-state index contributed by atoms with van der Waals surface area (Å²) in [4.78, 5) is 0.347. The van der Waals surface area contributed by atoms with Crippen molar-refractivity contribution in [3.8, 4) is 0 Å². The Balaban J connectivity index is 0.00000225. The molecule has 1 rings (SSSR count). The lowest BCUT2D eigenvalue weighted by molar-refractivity contribution is 0.559. The van der Waals surface area contributed by atoms with Gasteiger partial charge in [0, 0.05) is 6.54 Å². The molecular weight excluding hydrogens is 246 g/mol. The first-order chi connectivity index (χ1) is 6.80. The minimum absolute atomic E-state index is 0. The van der Waals surface area contributed by atoms with E-state index in [1.807, 2.05) is 0 Å². The molecule has 0 aliphatic heterocycles. The molecule has 0 unspecified atom stereocenters. The van der Waals surface area contributed by atoms with Crippen LogP contribution in [0.1, 0.15) is 26.3 Å². The standard InChI is InChI=1S/C11H17NO2S.ClH/c1-11(2,3)15(13,14)10-7-5-4-6-9(10)8-12;/h4-7H,8,12H2,1-3H3;1H. The van der Waals surface area contributed by atoms with E-state index < -0.39 is 14.6 Å². The summed E-state index contributed by atoms with van der Waals surface area (Å²) in [5, 5.41) is 0. The molecule has 0 atom stereocenters. The summed E-state index contributed by atoms with van der Waals surface area (Å²) in [7, 11) is -3.30. The molecule has 1 aromatic rings. The molecule has 3 nitrogen and oxygen atoms in total. The lowest BCUT2D eigenvalue weighted by Crippen LogP contribution is -2.29. The summed E-state index contributed by atoms with van der Waals surface area (Å²) in [5.74, 6) is 0.